The number of thiocarbonyl (C=S) groups is 1. The van der Waals surface area contributed by atoms with Crippen molar-refractivity contribution in [2.45, 2.75) is 12.8 Å². The molecule has 1 aromatic rings. The number of halogens is 2. The summed E-state index contributed by atoms with van der Waals surface area (Å²) in [6, 6.07) is 7.02. The van der Waals surface area contributed by atoms with Gasteiger partial charge in [-0.3, -0.25) is 4.79 Å². The van der Waals surface area contributed by atoms with Crippen LogP contribution in [0.15, 0.2) is 24.3 Å². The Kier molecular flexibility index (Phi) is 7.03. The molecule has 0 heterocycles. The average molecular weight is 302 g/mol. The zero-order chi connectivity index (χ0) is 15.0. The molecule has 0 fully saturated rings. The van der Waals surface area contributed by atoms with E-state index in [1.165, 1.54) is 0 Å². The minimum absolute atomic E-state index is 0.0659. The van der Waals surface area contributed by atoms with E-state index < -0.39 is 13.0 Å². The highest BCUT2D eigenvalue weighted by Crippen LogP contribution is 2.05. The Balaban J connectivity index is 2.26. The SMILES string of the molecule is NC(=S)c1ccc(CC(=O)NCCOCC(F)F)cc1. The van der Waals surface area contributed by atoms with Crippen molar-refractivity contribution < 1.29 is 18.3 Å². The van der Waals surface area contributed by atoms with Crippen LogP contribution in [0.1, 0.15) is 11.1 Å². The fraction of sp³-hybridized carbons (Fsp3) is 0.385. The van der Waals surface area contributed by atoms with E-state index in [0.29, 0.717) is 4.99 Å². The summed E-state index contributed by atoms with van der Waals surface area (Å²) in [6.07, 6.45) is -2.29. The Morgan fingerprint density at radius 1 is 1.35 bits per heavy atom. The Labute approximate surface area is 121 Å². The minimum atomic E-state index is -2.49. The number of alkyl halides is 2. The summed E-state index contributed by atoms with van der Waals surface area (Å²) < 4.78 is 28.2. The van der Waals surface area contributed by atoms with Gasteiger partial charge in [-0.1, -0.05) is 36.5 Å². The van der Waals surface area contributed by atoms with E-state index in [0.717, 1.165) is 11.1 Å². The molecule has 4 nitrogen and oxygen atoms in total. The first-order chi connectivity index (χ1) is 9.49. The summed E-state index contributed by atoms with van der Waals surface area (Å²) in [4.78, 5) is 11.9. The molecule has 7 heteroatoms. The first-order valence-corrected chi connectivity index (χ1v) is 6.41. The maximum absolute atomic E-state index is 11.8. The third-order valence-electron chi connectivity index (χ3n) is 2.42. The topological polar surface area (TPSA) is 64.4 Å². The monoisotopic (exact) mass is 302 g/mol. The first-order valence-electron chi connectivity index (χ1n) is 6.00. The second-order valence-corrected chi connectivity index (χ2v) is 4.49. The molecule has 0 spiro atoms. The first kappa shape index (κ1) is 16.5. The highest BCUT2D eigenvalue weighted by Gasteiger charge is 2.05. The molecule has 1 aromatic carbocycles. The zero-order valence-electron chi connectivity index (χ0n) is 10.8. The summed E-state index contributed by atoms with van der Waals surface area (Å²) >= 11 is 4.82. The molecule has 0 unspecified atom stereocenters. The lowest BCUT2D eigenvalue weighted by atomic mass is 10.1. The Hall–Kier alpha value is -1.60. The van der Waals surface area contributed by atoms with Crippen LogP contribution in [0, 0.1) is 0 Å². The van der Waals surface area contributed by atoms with Crippen LogP contribution in [0.25, 0.3) is 0 Å². The number of hydrogen-bond donors (Lipinski definition) is 2. The van der Waals surface area contributed by atoms with Crippen LogP contribution in [0.3, 0.4) is 0 Å². The van der Waals surface area contributed by atoms with Crippen molar-refractivity contribution in [2.75, 3.05) is 19.8 Å². The third-order valence-corrected chi connectivity index (χ3v) is 2.65. The summed E-state index contributed by atoms with van der Waals surface area (Å²) in [5, 5.41) is 2.58. The van der Waals surface area contributed by atoms with Crippen molar-refractivity contribution in [3.8, 4) is 0 Å². The predicted octanol–water partition coefficient (Wildman–Crippen LogP) is 1.26. The molecule has 1 amide bonds. The lowest BCUT2D eigenvalue weighted by molar-refractivity contribution is -0.120. The van der Waals surface area contributed by atoms with Gasteiger partial charge < -0.3 is 15.8 Å². The van der Waals surface area contributed by atoms with Crippen LogP contribution in [0.5, 0.6) is 0 Å². The molecule has 0 aliphatic carbocycles. The molecule has 1 rings (SSSR count). The van der Waals surface area contributed by atoms with E-state index in [4.69, 9.17) is 18.0 Å². The van der Waals surface area contributed by atoms with E-state index in [-0.39, 0.29) is 25.5 Å². The highest BCUT2D eigenvalue weighted by molar-refractivity contribution is 7.80. The molecular formula is C13H16F2N2O2S. The van der Waals surface area contributed by atoms with Crippen molar-refractivity contribution in [3.63, 3.8) is 0 Å². The number of benzene rings is 1. The molecule has 0 saturated heterocycles. The van der Waals surface area contributed by atoms with Gasteiger partial charge in [0.2, 0.25) is 5.91 Å². The highest BCUT2D eigenvalue weighted by atomic mass is 32.1. The lowest BCUT2D eigenvalue weighted by Crippen LogP contribution is -2.29. The number of rotatable bonds is 8. The number of carbonyl (C=O) groups is 1. The van der Waals surface area contributed by atoms with E-state index in [1.807, 2.05) is 0 Å². The molecular weight excluding hydrogens is 286 g/mol. The maximum atomic E-state index is 11.8. The van der Waals surface area contributed by atoms with Crippen LogP contribution in [-0.4, -0.2) is 37.1 Å². The molecule has 3 N–H and O–H groups in total. The lowest BCUT2D eigenvalue weighted by Gasteiger charge is -2.06. The molecule has 0 atom stereocenters. The quantitative estimate of drug-likeness (QED) is 0.560. The minimum Gasteiger partial charge on any atom is -0.389 e. The predicted molar refractivity (Wildman–Crippen MR) is 75.9 cm³/mol. The number of nitrogens with one attached hydrogen (secondary N) is 1. The van der Waals surface area contributed by atoms with Gasteiger partial charge in [0.05, 0.1) is 13.0 Å². The van der Waals surface area contributed by atoms with Crippen molar-refractivity contribution >= 4 is 23.1 Å². The molecule has 110 valence electrons. The van der Waals surface area contributed by atoms with Gasteiger partial charge in [-0.05, 0) is 5.56 Å². The van der Waals surface area contributed by atoms with Crippen molar-refractivity contribution in [2.24, 2.45) is 5.73 Å². The summed E-state index contributed by atoms with van der Waals surface area (Å²) in [6.45, 7) is -0.344. The smallest absolute Gasteiger partial charge is 0.261 e. The normalized spacial score (nSPS) is 10.6. The molecule has 0 radical (unpaired) electrons. The van der Waals surface area contributed by atoms with Gasteiger partial charge in [0, 0.05) is 12.1 Å². The second-order valence-electron chi connectivity index (χ2n) is 4.05. The van der Waals surface area contributed by atoms with E-state index in [9.17, 15) is 13.6 Å². The van der Waals surface area contributed by atoms with Gasteiger partial charge in [-0.2, -0.15) is 0 Å². The van der Waals surface area contributed by atoms with Crippen molar-refractivity contribution in [3.05, 3.63) is 35.4 Å². The molecule has 0 aliphatic rings. The summed E-state index contributed by atoms with van der Waals surface area (Å²) in [5.41, 5.74) is 7.02. The Bertz CT molecular complexity index is 452. The Morgan fingerprint density at radius 3 is 2.55 bits per heavy atom. The second kappa shape index (κ2) is 8.55. The number of ether oxygens (including phenoxy) is 1. The largest absolute Gasteiger partial charge is 0.389 e. The standard InChI is InChI=1S/C13H16F2N2O2S/c14-11(15)8-19-6-5-17-12(18)7-9-1-3-10(4-2-9)13(16)20/h1-4,11H,5-8H2,(H2,16,20)(H,17,18). The number of nitrogens with two attached hydrogens (primary N) is 1. The van der Waals surface area contributed by atoms with Gasteiger partial charge in [-0.15, -0.1) is 0 Å². The van der Waals surface area contributed by atoms with Gasteiger partial charge >= 0.3 is 0 Å². The molecule has 0 bridgehead atoms. The Morgan fingerprint density at radius 2 is 2.00 bits per heavy atom. The number of amides is 1. The van der Waals surface area contributed by atoms with E-state index in [1.54, 1.807) is 24.3 Å². The van der Waals surface area contributed by atoms with Crippen LogP contribution < -0.4 is 11.1 Å². The maximum Gasteiger partial charge on any atom is 0.261 e. The third kappa shape index (κ3) is 6.53. The molecule has 20 heavy (non-hydrogen) atoms. The van der Waals surface area contributed by atoms with Crippen molar-refractivity contribution in [1.29, 1.82) is 0 Å². The van der Waals surface area contributed by atoms with Gasteiger partial charge in [0.1, 0.15) is 11.6 Å². The average Bonchev–Trinajstić information content (AvgIpc) is 2.38. The molecule has 0 saturated carbocycles. The molecule has 0 aromatic heterocycles. The van der Waals surface area contributed by atoms with E-state index >= 15 is 0 Å². The van der Waals surface area contributed by atoms with Gasteiger partial charge in [-0.25, -0.2) is 8.78 Å². The van der Waals surface area contributed by atoms with Crippen LogP contribution in [-0.2, 0) is 16.0 Å². The van der Waals surface area contributed by atoms with Gasteiger partial charge in [0.15, 0.2) is 0 Å². The molecule has 0 aliphatic heterocycles. The number of hydrogen-bond acceptors (Lipinski definition) is 3. The van der Waals surface area contributed by atoms with Crippen LogP contribution >= 0.6 is 12.2 Å². The number of carbonyl (C=O) groups excluding carboxylic acids is 1. The fourth-order valence-corrected chi connectivity index (χ4v) is 1.61. The van der Waals surface area contributed by atoms with Crippen molar-refractivity contribution in [1.82, 2.24) is 5.32 Å². The summed E-state index contributed by atoms with van der Waals surface area (Å²) in [7, 11) is 0. The zero-order valence-corrected chi connectivity index (χ0v) is 11.6. The van der Waals surface area contributed by atoms with Gasteiger partial charge in [0.25, 0.3) is 6.43 Å². The van der Waals surface area contributed by atoms with Crippen LogP contribution in [0.2, 0.25) is 0 Å². The van der Waals surface area contributed by atoms with E-state index in [2.05, 4.69) is 10.1 Å². The van der Waals surface area contributed by atoms with Crippen LogP contribution in [0.4, 0.5) is 8.78 Å². The summed E-state index contributed by atoms with van der Waals surface area (Å²) in [5.74, 6) is -0.200. The fourth-order valence-electron chi connectivity index (χ4n) is 1.47.